The molecule has 3 rings (SSSR count). The van der Waals surface area contributed by atoms with Crippen LogP contribution in [-0.4, -0.2) is 5.97 Å². The number of carbonyl (C=O) groups is 1. The van der Waals surface area contributed by atoms with E-state index in [0.29, 0.717) is 21.9 Å². The third-order valence-electron chi connectivity index (χ3n) is 3.53. The van der Waals surface area contributed by atoms with E-state index in [2.05, 4.69) is 0 Å². The van der Waals surface area contributed by atoms with Gasteiger partial charge in [0.05, 0.1) is 5.56 Å². The molecule has 0 unspecified atom stereocenters. The predicted molar refractivity (Wildman–Crippen MR) is 89.0 cm³/mol. The molecule has 0 atom stereocenters. The summed E-state index contributed by atoms with van der Waals surface area (Å²) in [5, 5.41) is 1.38. The Morgan fingerprint density at radius 3 is 2.48 bits per heavy atom. The lowest BCUT2D eigenvalue weighted by atomic mass is 10.00. The normalized spacial score (nSPS) is 10.7. The van der Waals surface area contributed by atoms with Crippen LogP contribution in [0.5, 0.6) is 5.75 Å². The summed E-state index contributed by atoms with van der Waals surface area (Å²) in [6.45, 7) is 3.17. The lowest BCUT2D eigenvalue weighted by molar-refractivity contribution is -0.131. The third-order valence-corrected chi connectivity index (χ3v) is 3.79. The number of hydrogen-bond donors (Lipinski definition) is 0. The summed E-state index contributed by atoms with van der Waals surface area (Å²) < 4.78 is 10.4. The van der Waals surface area contributed by atoms with Crippen LogP contribution in [0.1, 0.15) is 12.5 Å². The monoisotopic (exact) mass is 328 g/mol. The molecule has 0 N–H and O–H groups in total. The van der Waals surface area contributed by atoms with Gasteiger partial charge in [0.15, 0.2) is 0 Å². The second-order valence-corrected chi connectivity index (χ2v) is 5.58. The highest BCUT2D eigenvalue weighted by Gasteiger charge is 2.14. The number of hydrogen-bond acceptors (Lipinski definition) is 4. The van der Waals surface area contributed by atoms with Crippen LogP contribution in [0.3, 0.4) is 0 Å². The molecule has 0 bridgehead atoms. The molecular weight excluding hydrogens is 316 g/mol. The van der Waals surface area contributed by atoms with Crippen molar-refractivity contribution in [3.63, 3.8) is 0 Å². The maximum Gasteiger partial charge on any atom is 0.344 e. The van der Waals surface area contributed by atoms with Gasteiger partial charge in [-0.05, 0) is 42.3 Å². The molecular formula is C18H13ClO4. The van der Waals surface area contributed by atoms with Crippen LogP contribution in [0.2, 0.25) is 5.02 Å². The van der Waals surface area contributed by atoms with Crippen molar-refractivity contribution in [2.75, 3.05) is 0 Å². The standard InChI is InChI=1S/C18H13ClO4/c1-10-15-8-7-14(22-11(2)20)9-16(15)23-18(21)17(10)12-3-5-13(19)6-4-12/h3-9H,1-2H3. The van der Waals surface area contributed by atoms with Gasteiger partial charge in [0.25, 0.3) is 0 Å². The van der Waals surface area contributed by atoms with Crippen LogP contribution in [-0.2, 0) is 4.79 Å². The van der Waals surface area contributed by atoms with E-state index in [-0.39, 0.29) is 0 Å². The maximum absolute atomic E-state index is 12.4. The molecule has 0 aliphatic carbocycles. The third kappa shape index (κ3) is 2.98. The highest BCUT2D eigenvalue weighted by Crippen LogP contribution is 2.29. The number of esters is 1. The van der Waals surface area contributed by atoms with Crippen molar-refractivity contribution in [3.05, 3.63) is 63.5 Å². The Kier molecular flexibility index (Phi) is 3.92. The highest BCUT2D eigenvalue weighted by atomic mass is 35.5. The molecule has 0 aliphatic heterocycles. The molecule has 4 nitrogen and oxygen atoms in total. The van der Waals surface area contributed by atoms with Gasteiger partial charge in [0, 0.05) is 23.4 Å². The Morgan fingerprint density at radius 2 is 1.83 bits per heavy atom. The van der Waals surface area contributed by atoms with Gasteiger partial charge in [-0.3, -0.25) is 4.79 Å². The molecule has 0 spiro atoms. The molecule has 0 fully saturated rings. The average molecular weight is 329 g/mol. The van der Waals surface area contributed by atoms with Crippen LogP contribution in [0.25, 0.3) is 22.1 Å². The first-order valence-corrected chi connectivity index (χ1v) is 7.35. The summed E-state index contributed by atoms with van der Waals surface area (Å²) in [5.41, 5.74) is 1.97. The smallest absolute Gasteiger partial charge is 0.344 e. The molecule has 1 aromatic heterocycles. The van der Waals surface area contributed by atoms with E-state index in [4.69, 9.17) is 20.8 Å². The fraction of sp³-hybridized carbons (Fsp3) is 0.111. The predicted octanol–water partition coefficient (Wildman–Crippen LogP) is 4.35. The fourth-order valence-electron chi connectivity index (χ4n) is 2.52. The molecule has 0 radical (unpaired) electrons. The summed E-state index contributed by atoms with van der Waals surface area (Å²) in [6, 6.07) is 12.0. The lowest BCUT2D eigenvalue weighted by Gasteiger charge is -2.09. The van der Waals surface area contributed by atoms with Gasteiger partial charge in [0.2, 0.25) is 0 Å². The van der Waals surface area contributed by atoms with Crippen molar-refractivity contribution in [2.24, 2.45) is 0 Å². The first-order chi connectivity index (χ1) is 11.0. The molecule has 23 heavy (non-hydrogen) atoms. The molecule has 0 saturated heterocycles. The number of ether oxygens (including phenoxy) is 1. The topological polar surface area (TPSA) is 56.5 Å². The average Bonchev–Trinajstić information content (AvgIpc) is 2.48. The van der Waals surface area contributed by atoms with Gasteiger partial charge in [-0.25, -0.2) is 4.79 Å². The zero-order chi connectivity index (χ0) is 16.6. The Balaban J connectivity index is 2.20. The van der Waals surface area contributed by atoms with E-state index in [1.165, 1.54) is 13.0 Å². The van der Waals surface area contributed by atoms with Crippen LogP contribution in [0, 0.1) is 6.92 Å². The Hall–Kier alpha value is -2.59. The van der Waals surface area contributed by atoms with Crippen molar-refractivity contribution in [2.45, 2.75) is 13.8 Å². The number of aryl methyl sites for hydroxylation is 1. The van der Waals surface area contributed by atoms with Crippen LogP contribution in [0.4, 0.5) is 0 Å². The second kappa shape index (κ2) is 5.89. The minimum atomic E-state index is -0.447. The summed E-state index contributed by atoms with van der Waals surface area (Å²) in [5.74, 6) is -0.0898. The Labute approximate surface area is 137 Å². The van der Waals surface area contributed by atoms with Gasteiger partial charge >= 0.3 is 11.6 Å². The SMILES string of the molecule is CC(=O)Oc1ccc2c(C)c(-c3ccc(Cl)cc3)c(=O)oc2c1. The van der Waals surface area contributed by atoms with E-state index in [1.54, 1.807) is 36.4 Å². The molecule has 0 aliphatic rings. The summed E-state index contributed by atoms with van der Waals surface area (Å²) in [6.07, 6.45) is 0. The summed E-state index contributed by atoms with van der Waals surface area (Å²) in [4.78, 5) is 23.4. The van der Waals surface area contributed by atoms with E-state index >= 15 is 0 Å². The Morgan fingerprint density at radius 1 is 1.13 bits per heavy atom. The molecule has 1 heterocycles. The summed E-state index contributed by atoms with van der Waals surface area (Å²) in [7, 11) is 0. The van der Waals surface area contributed by atoms with E-state index in [0.717, 1.165) is 16.5 Å². The van der Waals surface area contributed by atoms with Gasteiger partial charge in [-0.2, -0.15) is 0 Å². The van der Waals surface area contributed by atoms with Crippen molar-refractivity contribution in [1.29, 1.82) is 0 Å². The largest absolute Gasteiger partial charge is 0.427 e. The maximum atomic E-state index is 12.4. The second-order valence-electron chi connectivity index (χ2n) is 5.15. The van der Waals surface area contributed by atoms with Gasteiger partial charge in [-0.1, -0.05) is 23.7 Å². The molecule has 0 saturated carbocycles. The molecule has 5 heteroatoms. The van der Waals surface area contributed by atoms with E-state index in [9.17, 15) is 9.59 Å². The lowest BCUT2D eigenvalue weighted by Crippen LogP contribution is -2.06. The van der Waals surface area contributed by atoms with Crippen molar-refractivity contribution < 1.29 is 13.9 Å². The quantitative estimate of drug-likeness (QED) is 0.399. The fourth-order valence-corrected chi connectivity index (χ4v) is 2.64. The minimum absolute atomic E-state index is 0.340. The van der Waals surface area contributed by atoms with Crippen molar-refractivity contribution in [1.82, 2.24) is 0 Å². The number of rotatable bonds is 2. The first kappa shape index (κ1) is 15.3. The van der Waals surface area contributed by atoms with Gasteiger partial charge in [0.1, 0.15) is 11.3 Å². The molecule has 0 amide bonds. The zero-order valence-electron chi connectivity index (χ0n) is 12.6. The molecule has 116 valence electrons. The van der Waals surface area contributed by atoms with E-state index in [1.807, 2.05) is 6.92 Å². The van der Waals surface area contributed by atoms with Gasteiger partial charge < -0.3 is 9.15 Å². The number of fused-ring (bicyclic) bond motifs is 1. The number of benzene rings is 2. The highest BCUT2D eigenvalue weighted by molar-refractivity contribution is 6.30. The number of halogens is 1. The summed E-state index contributed by atoms with van der Waals surface area (Å²) >= 11 is 5.89. The zero-order valence-corrected chi connectivity index (χ0v) is 13.3. The van der Waals surface area contributed by atoms with Crippen LogP contribution < -0.4 is 10.4 Å². The van der Waals surface area contributed by atoms with Crippen molar-refractivity contribution in [3.8, 4) is 16.9 Å². The van der Waals surface area contributed by atoms with Crippen LogP contribution >= 0.6 is 11.6 Å². The number of carbonyl (C=O) groups excluding carboxylic acids is 1. The van der Waals surface area contributed by atoms with Crippen molar-refractivity contribution >= 4 is 28.5 Å². The molecule has 2 aromatic carbocycles. The van der Waals surface area contributed by atoms with Crippen LogP contribution in [0.15, 0.2) is 51.7 Å². The first-order valence-electron chi connectivity index (χ1n) is 6.97. The minimum Gasteiger partial charge on any atom is -0.427 e. The Bertz CT molecular complexity index is 955. The molecule has 3 aromatic rings. The van der Waals surface area contributed by atoms with Gasteiger partial charge in [-0.15, -0.1) is 0 Å². The van der Waals surface area contributed by atoms with E-state index < -0.39 is 11.6 Å².